The molecule has 0 spiro atoms. The fraction of sp³-hybridized carbons (Fsp3) is 0.389. The van der Waals surface area contributed by atoms with Crippen LogP contribution in [0.5, 0.6) is 0 Å². The first-order valence-corrected chi connectivity index (χ1v) is 8.51. The van der Waals surface area contributed by atoms with E-state index >= 15 is 0 Å². The van der Waals surface area contributed by atoms with Gasteiger partial charge in [0.05, 0.1) is 11.7 Å². The number of carbonyl (C=O) groups is 1. The van der Waals surface area contributed by atoms with Crippen molar-refractivity contribution < 1.29 is 22.7 Å². The second-order valence-electron chi connectivity index (χ2n) is 6.23. The fourth-order valence-corrected chi connectivity index (χ4v) is 2.77. The number of halogens is 3. The molecule has 27 heavy (non-hydrogen) atoms. The van der Waals surface area contributed by atoms with E-state index in [9.17, 15) is 18.0 Å². The molecule has 1 atom stereocenters. The van der Waals surface area contributed by atoms with Gasteiger partial charge in [0.15, 0.2) is 0 Å². The Balaban J connectivity index is 1.70. The Morgan fingerprint density at radius 1 is 1.30 bits per heavy atom. The zero-order valence-corrected chi connectivity index (χ0v) is 14.6. The number of nitrogens with one attached hydrogen (secondary N) is 2. The Labute approximate surface area is 154 Å². The van der Waals surface area contributed by atoms with Crippen LogP contribution < -0.4 is 10.6 Å². The van der Waals surface area contributed by atoms with Gasteiger partial charge in [-0.3, -0.25) is 4.79 Å². The first kappa shape index (κ1) is 19.1. The molecular weight excluding hydrogens is 361 g/mol. The van der Waals surface area contributed by atoms with Crippen molar-refractivity contribution in [1.82, 2.24) is 9.97 Å². The van der Waals surface area contributed by atoms with E-state index in [-0.39, 0.29) is 17.5 Å². The van der Waals surface area contributed by atoms with Gasteiger partial charge >= 0.3 is 6.18 Å². The summed E-state index contributed by atoms with van der Waals surface area (Å²) in [7, 11) is 0. The molecule has 3 rings (SSSR count). The van der Waals surface area contributed by atoms with Crippen LogP contribution in [0.15, 0.2) is 30.3 Å². The van der Waals surface area contributed by atoms with E-state index in [1.165, 1.54) is 18.2 Å². The second-order valence-corrected chi connectivity index (χ2v) is 6.23. The lowest BCUT2D eigenvalue weighted by molar-refractivity contribution is -0.137. The molecule has 2 heterocycles. The van der Waals surface area contributed by atoms with Crippen LogP contribution in [0.3, 0.4) is 0 Å². The molecule has 0 radical (unpaired) electrons. The number of carbonyl (C=O) groups excluding carboxylic acids is 1. The van der Waals surface area contributed by atoms with E-state index in [1.807, 2.05) is 0 Å². The molecule has 0 saturated carbocycles. The molecule has 0 aliphatic carbocycles. The fourth-order valence-electron chi connectivity index (χ4n) is 2.77. The molecule has 1 aliphatic heterocycles. The molecule has 144 valence electrons. The molecule has 0 bridgehead atoms. The lowest BCUT2D eigenvalue weighted by Gasteiger charge is -2.13. The highest BCUT2D eigenvalue weighted by atomic mass is 19.4. The maximum Gasteiger partial charge on any atom is 0.416 e. The topological polar surface area (TPSA) is 76.1 Å². The van der Waals surface area contributed by atoms with Crippen molar-refractivity contribution in [3.63, 3.8) is 0 Å². The molecule has 1 aromatic heterocycles. The number of ether oxygens (including phenoxy) is 1. The maximum atomic E-state index is 12.8. The van der Waals surface area contributed by atoms with Gasteiger partial charge in [0.1, 0.15) is 17.3 Å². The van der Waals surface area contributed by atoms with Crippen molar-refractivity contribution in [2.24, 2.45) is 0 Å². The van der Waals surface area contributed by atoms with Crippen molar-refractivity contribution >= 4 is 17.4 Å². The molecule has 6 nitrogen and oxygen atoms in total. The molecule has 2 aromatic rings. The highest BCUT2D eigenvalue weighted by molar-refractivity contribution is 6.03. The smallest absolute Gasteiger partial charge is 0.376 e. The Morgan fingerprint density at radius 2 is 2.11 bits per heavy atom. The third kappa shape index (κ3) is 5.16. The number of rotatable bonds is 5. The summed E-state index contributed by atoms with van der Waals surface area (Å²) in [6, 6.07) is 5.90. The average Bonchev–Trinajstić information content (AvgIpc) is 3.12. The lowest BCUT2D eigenvalue weighted by Crippen LogP contribution is -2.20. The molecule has 2 N–H and O–H groups in total. The van der Waals surface area contributed by atoms with Crippen LogP contribution >= 0.6 is 0 Å². The number of aryl methyl sites for hydroxylation is 1. The van der Waals surface area contributed by atoms with Crippen molar-refractivity contribution in [3.8, 4) is 0 Å². The SMILES string of the molecule is Cc1nc(NCC2CCCO2)cc(C(=O)Nc2cccc(C(F)(F)F)c2)n1. The maximum absolute atomic E-state index is 12.8. The minimum Gasteiger partial charge on any atom is -0.376 e. The van der Waals surface area contributed by atoms with Gasteiger partial charge in [-0.1, -0.05) is 6.07 Å². The van der Waals surface area contributed by atoms with Gasteiger partial charge in [-0.05, 0) is 38.0 Å². The summed E-state index contributed by atoms with van der Waals surface area (Å²) in [6.07, 6.45) is -2.41. The average molecular weight is 380 g/mol. The lowest BCUT2D eigenvalue weighted by atomic mass is 10.2. The number of amides is 1. The van der Waals surface area contributed by atoms with E-state index in [1.54, 1.807) is 6.92 Å². The first-order valence-electron chi connectivity index (χ1n) is 8.51. The summed E-state index contributed by atoms with van der Waals surface area (Å²) >= 11 is 0. The number of nitrogens with zero attached hydrogens (tertiary/aromatic N) is 2. The van der Waals surface area contributed by atoms with E-state index in [0.717, 1.165) is 31.6 Å². The predicted octanol–water partition coefficient (Wildman–Crippen LogP) is 3.65. The summed E-state index contributed by atoms with van der Waals surface area (Å²) in [5, 5.41) is 5.55. The Kier molecular flexibility index (Phi) is 5.59. The molecular formula is C18H19F3N4O2. The minimum absolute atomic E-state index is 0.0416. The van der Waals surface area contributed by atoms with Crippen LogP contribution in [0.25, 0.3) is 0 Å². The van der Waals surface area contributed by atoms with Crippen molar-refractivity contribution in [2.45, 2.75) is 32.0 Å². The van der Waals surface area contributed by atoms with Crippen molar-refractivity contribution in [2.75, 3.05) is 23.8 Å². The van der Waals surface area contributed by atoms with Gasteiger partial charge in [0.25, 0.3) is 5.91 Å². The highest BCUT2D eigenvalue weighted by Gasteiger charge is 2.30. The third-order valence-electron chi connectivity index (χ3n) is 4.05. The summed E-state index contributed by atoms with van der Waals surface area (Å²) in [6.45, 7) is 2.93. The molecule has 1 aromatic carbocycles. The van der Waals surface area contributed by atoms with E-state index in [0.29, 0.717) is 18.2 Å². The highest BCUT2D eigenvalue weighted by Crippen LogP contribution is 2.30. The summed E-state index contributed by atoms with van der Waals surface area (Å²) in [5.41, 5.74) is -0.729. The van der Waals surface area contributed by atoms with Gasteiger partial charge in [0, 0.05) is 24.9 Å². The first-order chi connectivity index (χ1) is 12.8. The Morgan fingerprint density at radius 3 is 2.81 bits per heavy atom. The van der Waals surface area contributed by atoms with Gasteiger partial charge in [-0.2, -0.15) is 13.2 Å². The Hall–Kier alpha value is -2.68. The normalized spacial score (nSPS) is 17.0. The van der Waals surface area contributed by atoms with Crippen LogP contribution in [0.4, 0.5) is 24.7 Å². The largest absolute Gasteiger partial charge is 0.416 e. The quantitative estimate of drug-likeness (QED) is 0.828. The van der Waals surface area contributed by atoms with E-state index < -0.39 is 17.6 Å². The Bertz CT molecular complexity index is 820. The van der Waals surface area contributed by atoms with Crippen LogP contribution in [0, 0.1) is 6.92 Å². The van der Waals surface area contributed by atoms with E-state index in [2.05, 4.69) is 20.6 Å². The standard InChI is InChI=1S/C18H19F3N4O2/c1-11-23-15(9-16(24-11)22-10-14-6-3-7-27-14)17(26)25-13-5-2-4-12(8-13)18(19,20)21/h2,4-5,8-9,14H,3,6-7,10H2,1H3,(H,25,26)(H,22,23,24). The molecule has 1 unspecified atom stereocenters. The number of hydrogen-bond donors (Lipinski definition) is 2. The van der Waals surface area contributed by atoms with Gasteiger partial charge in [-0.15, -0.1) is 0 Å². The van der Waals surface area contributed by atoms with Gasteiger partial charge in [0.2, 0.25) is 0 Å². The summed E-state index contributed by atoms with van der Waals surface area (Å²) in [5.74, 6) is 0.230. The van der Waals surface area contributed by atoms with Crippen LogP contribution in [0.1, 0.15) is 34.7 Å². The van der Waals surface area contributed by atoms with Crippen LogP contribution in [-0.4, -0.2) is 35.1 Å². The number of alkyl halides is 3. The zero-order chi connectivity index (χ0) is 19.4. The molecule has 9 heteroatoms. The van der Waals surface area contributed by atoms with Crippen molar-refractivity contribution in [1.29, 1.82) is 0 Å². The number of anilines is 2. The molecule has 1 amide bonds. The predicted molar refractivity (Wildman–Crippen MR) is 93.6 cm³/mol. The second kappa shape index (κ2) is 7.91. The number of aromatic nitrogens is 2. The molecule has 1 saturated heterocycles. The van der Waals surface area contributed by atoms with Gasteiger partial charge < -0.3 is 15.4 Å². The third-order valence-corrected chi connectivity index (χ3v) is 4.05. The molecule has 1 fully saturated rings. The summed E-state index contributed by atoms with van der Waals surface area (Å²) < 4.78 is 43.9. The monoisotopic (exact) mass is 380 g/mol. The number of hydrogen-bond acceptors (Lipinski definition) is 5. The van der Waals surface area contributed by atoms with Crippen molar-refractivity contribution in [3.05, 3.63) is 47.4 Å². The zero-order valence-electron chi connectivity index (χ0n) is 14.6. The minimum atomic E-state index is -4.48. The van der Waals surface area contributed by atoms with E-state index in [4.69, 9.17) is 4.74 Å². The van der Waals surface area contributed by atoms with Crippen LogP contribution in [-0.2, 0) is 10.9 Å². The number of benzene rings is 1. The van der Waals surface area contributed by atoms with Gasteiger partial charge in [-0.25, -0.2) is 9.97 Å². The van der Waals surface area contributed by atoms with Crippen LogP contribution in [0.2, 0.25) is 0 Å². The summed E-state index contributed by atoms with van der Waals surface area (Å²) in [4.78, 5) is 20.7. The molecule has 1 aliphatic rings.